The summed E-state index contributed by atoms with van der Waals surface area (Å²) in [6.07, 6.45) is 4.67. The van der Waals surface area contributed by atoms with Gasteiger partial charge in [-0.3, -0.25) is 4.79 Å². The monoisotopic (exact) mass is 292 g/mol. The second kappa shape index (κ2) is 6.80. The molecule has 21 heavy (non-hydrogen) atoms. The Kier molecular flexibility index (Phi) is 5.07. The van der Waals surface area contributed by atoms with E-state index >= 15 is 0 Å². The smallest absolute Gasteiger partial charge is 0.251 e. The van der Waals surface area contributed by atoms with Crippen LogP contribution < -0.4 is 15.8 Å². The fourth-order valence-electron chi connectivity index (χ4n) is 2.74. The van der Waals surface area contributed by atoms with Gasteiger partial charge < -0.3 is 20.9 Å². The van der Waals surface area contributed by atoms with Crippen LogP contribution in [0.2, 0.25) is 0 Å². The molecule has 0 aliphatic heterocycles. The summed E-state index contributed by atoms with van der Waals surface area (Å²) in [5.74, 6) is 0.348. The van der Waals surface area contributed by atoms with Crippen LogP contribution in [0.4, 0.5) is 5.69 Å². The number of hydrogen-bond acceptors (Lipinski definition) is 4. The predicted molar refractivity (Wildman–Crippen MR) is 82.4 cm³/mol. The number of nitrogen functional groups attached to an aromatic ring is 1. The predicted octanol–water partition coefficient (Wildman–Crippen LogP) is 2.09. The molecule has 0 heterocycles. The molecule has 0 atom stereocenters. The topological polar surface area (TPSA) is 84.6 Å². The molecule has 1 fully saturated rings. The molecule has 0 unspecified atom stereocenters. The van der Waals surface area contributed by atoms with E-state index in [1.807, 2.05) is 6.92 Å². The molecular formula is C16H24N2O3. The van der Waals surface area contributed by atoms with Crippen molar-refractivity contribution < 1.29 is 14.6 Å². The van der Waals surface area contributed by atoms with E-state index in [1.165, 1.54) is 0 Å². The lowest BCUT2D eigenvalue weighted by atomic mass is 9.85. The van der Waals surface area contributed by atoms with E-state index in [1.54, 1.807) is 18.2 Å². The summed E-state index contributed by atoms with van der Waals surface area (Å²) < 4.78 is 5.38. The fraction of sp³-hybridized carbons (Fsp3) is 0.562. The minimum absolute atomic E-state index is 0.234. The van der Waals surface area contributed by atoms with E-state index in [4.69, 9.17) is 10.5 Å². The minimum atomic E-state index is -0.767. The van der Waals surface area contributed by atoms with Crippen molar-refractivity contribution in [3.63, 3.8) is 0 Å². The Morgan fingerprint density at radius 2 is 2.05 bits per heavy atom. The number of carbonyl (C=O) groups is 1. The number of anilines is 1. The Hall–Kier alpha value is -1.75. The quantitative estimate of drug-likeness (QED) is 0.726. The second-order valence-corrected chi connectivity index (χ2v) is 5.69. The Labute approximate surface area is 125 Å². The summed E-state index contributed by atoms with van der Waals surface area (Å²) in [6, 6.07) is 4.97. The van der Waals surface area contributed by atoms with Gasteiger partial charge in [-0.1, -0.05) is 19.3 Å². The number of rotatable bonds is 5. The van der Waals surface area contributed by atoms with Crippen molar-refractivity contribution in [1.82, 2.24) is 5.32 Å². The van der Waals surface area contributed by atoms with Crippen molar-refractivity contribution >= 4 is 11.6 Å². The number of aliphatic hydroxyl groups is 1. The van der Waals surface area contributed by atoms with Crippen molar-refractivity contribution in [2.75, 3.05) is 18.9 Å². The molecule has 1 amide bonds. The van der Waals surface area contributed by atoms with Gasteiger partial charge in [-0.2, -0.15) is 0 Å². The van der Waals surface area contributed by atoms with Gasteiger partial charge in [0.25, 0.3) is 5.91 Å². The van der Waals surface area contributed by atoms with Gasteiger partial charge in [0.1, 0.15) is 5.75 Å². The zero-order valence-corrected chi connectivity index (χ0v) is 12.5. The van der Waals surface area contributed by atoms with Crippen molar-refractivity contribution in [1.29, 1.82) is 0 Å². The Morgan fingerprint density at radius 1 is 1.33 bits per heavy atom. The van der Waals surface area contributed by atoms with E-state index < -0.39 is 5.60 Å². The number of hydrogen-bond donors (Lipinski definition) is 3. The number of ether oxygens (including phenoxy) is 1. The molecule has 116 valence electrons. The van der Waals surface area contributed by atoms with Gasteiger partial charge in [-0.15, -0.1) is 0 Å². The molecule has 1 aliphatic carbocycles. The summed E-state index contributed by atoms with van der Waals surface area (Å²) in [6.45, 7) is 2.68. The van der Waals surface area contributed by atoms with Gasteiger partial charge in [0, 0.05) is 23.9 Å². The van der Waals surface area contributed by atoms with Crippen LogP contribution in [0.25, 0.3) is 0 Å². The minimum Gasteiger partial charge on any atom is -0.494 e. The number of nitrogens with two attached hydrogens (primary N) is 1. The Bertz CT molecular complexity index is 496. The summed E-state index contributed by atoms with van der Waals surface area (Å²) in [7, 11) is 0. The van der Waals surface area contributed by atoms with Gasteiger partial charge in [-0.25, -0.2) is 0 Å². The highest BCUT2D eigenvalue weighted by atomic mass is 16.5. The van der Waals surface area contributed by atoms with E-state index in [9.17, 15) is 9.90 Å². The molecular weight excluding hydrogens is 268 g/mol. The molecule has 0 aromatic heterocycles. The second-order valence-electron chi connectivity index (χ2n) is 5.69. The van der Waals surface area contributed by atoms with Crippen molar-refractivity contribution in [2.45, 2.75) is 44.6 Å². The van der Waals surface area contributed by atoms with Crippen LogP contribution in [-0.2, 0) is 0 Å². The lowest BCUT2D eigenvalue weighted by molar-refractivity contribution is 0.00526. The first kappa shape index (κ1) is 15.6. The first-order chi connectivity index (χ1) is 10.0. The molecule has 5 nitrogen and oxygen atoms in total. The van der Waals surface area contributed by atoms with E-state index in [-0.39, 0.29) is 12.5 Å². The molecule has 5 heteroatoms. The maximum Gasteiger partial charge on any atom is 0.251 e. The number of nitrogens with one attached hydrogen (secondary N) is 1. The lowest BCUT2D eigenvalue weighted by Gasteiger charge is -2.32. The van der Waals surface area contributed by atoms with Crippen LogP contribution in [-0.4, -0.2) is 29.8 Å². The summed E-state index contributed by atoms with van der Waals surface area (Å²) >= 11 is 0. The fourth-order valence-corrected chi connectivity index (χ4v) is 2.74. The molecule has 0 saturated heterocycles. The largest absolute Gasteiger partial charge is 0.494 e. The molecule has 0 bridgehead atoms. The first-order valence-corrected chi connectivity index (χ1v) is 7.56. The number of carbonyl (C=O) groups excluding carboxylic acids is 1. The highest BCUT2D eigenvalue weighted by Gasteiger charge is 2.29. The lowest BCUT2D eigenvalue weighted by Crippen LogP contribution is -2.44. The molecule has 4 N–H and O–H groups in total. The molecule has 1 saturated carbocycles. The SMILES string of the molecule is CCOc1cc(N)cc(C(=O)NCC2(O)CCCCC2)c1. The van der Waals surface area contributed by atoms with Crippen molar-refractivity contribution in [2.24, 2.45) is 0 Å². The zero-order chi connectivity index (χ0) is 15.3. The molecule has 1 aromatic carbocycles. The van der Waals surface area contributed by atoms with E-state index in [2.05, 4.69) is 5.32 Å². The van der Waals surface area contributed by atoms with E-state index in [0.717, 1.165) is 32.1 Å². The summed E-state index contributed by atoms with van der Waals surface area (Å²) in [5, 5.41) is 13.2. The molecule has 2 rings (SSSR count). The molecule has 1 aromatic rings. The zero-order valence-electron chi connectivity index (χ0n) is 12.5. The van der Waals surface area contributed by atoms with Crippen molar-refractivity contribution in [3.8, 4) is 5.75 Å². The highest BCUT2D eigenvalue weighted by Crippen LogP contribution is 2.27. The third-order valence-electron chi connectivity index (χ3n) is 3.86. The van der Waals surface area contributed by atoms with E-state index in [0.29, 0.717) is 23.6 Å². The summed E-state index contributed by atoms with van der Waals surface area (Å²) in [4.78, 5) is 12.2. The van der Waals surface area contributed by atoms with Gasteiger partial charge in [0.15, 0.2) is 0 Å². The Balaban J connectivity index is 1.99. The van der Waals surface area contributed by atoms with Gasteiger partial charge in [0.2, 0.25) is 0 Å². The molecule has 0 spiro atoms. The number of amides is 1. The van der Waals surface area contributed by atoms with Gasteiger partial charge in [-0.05, 0) is 31.9 Å². The summed E-state index contributed by atoms with van der Waals surface area (Å²) in [5.41, 5.74) is 5.96. The first-order valence-electron chi connectivity index (χ1n) is 7.56. The maximum atomic E-state index is 12.2. The van der Waals surface area contributed by atoms with Gasteiger partial charge in [0.05, 0.1) is 12.2 Å². The highest BCUT2D eigenvalue weighted by molar-refractivity contribution is 5.95. The third kappa shape index (κ3) is 4.36. The number of benzene rings is 1. The van der Waals surface area contributed by atoms with Crippen LogP contribution >= 0.6 is 0 Å². The average Bonchev–Trinajstić information content (AvgIpc) is 2.45. The van der Waals surface area contributed by atoms with Crippen molar-refractivity contribution in [3.05, 3.63) is 23.8 Å². The van der Waals surface area contributed by atoms with Crippen LogP contribution in [0.15, 0.2) is 18.2 Å². The van der Waals surface area contributed by atoms with Crippen LogP contribution in [0.1, 0.15) is 49.4 Å². The van der Waals surface area contributed by atoms with Crippen LogP contribution in [0.3, 0.4) is 0 Å². The van der Waals surface area contributed by atoms with Crippen LogP contribution in [0, 0.1) is 0 Å². The molecule has 1 aliphatic rings. The molecule has 0 radical (unpaired) electrons. The normalized spacial score (nSPS) is 17.2. The average molecular weight is 292 g/mol. The maximum absolute atomic E-state index is 12.2. The Morgan fingerprint density at radius 3 is 2.71 bits per heavy atom. The third-order valence-corrected chi connectivity index (χ3v) is 3.86. The van der Waals surface area contributed by atoms with Gasteiger partial charge >= 0.3 is 0 Å². The standard InChI is InChI=1S/C16H24N2O3/c1-2-21-14-9-12(8-13(17)10-14)15(19)18-11-16(20)6-4-3-5-7-16/h8-10,20H,2-7,11,17H2,1H3,(H,18,19). The van der Waals surface area contributed by atoms with Crippen LogP contribution in [0.5, 0.6) is 5.75 Å².